The zero-order valence-corrected chi connectivity index (χ0v) is 9.40. The maximum absolute atomic E-state index is 4.16. The van der Waals surface area contributed by atoms with E-state index in [-0.39, 0.29) is 0 Å². The number of hydrogen-bond donors (Lipinski definition) is 1. The van der Waals surface area contributed by atoms with E-state index in [4.69, 9.17) is 0 Å². The molecule has 1 unspecified atom stereocenters. The smallest absolute Gasteiger partial charge is 0.151 e. The standard InChI is InChI=1S/C11H18N4/c1-9-6-11(14-13-7-9)15(2)10-4-3-5-12-8-10/h6-7,10,12H,3-5,8H2,1-2H3. The fourth-order valence-corrected chi connectivity index (χ4v) is 1.97. The number of anilines is 1. The van der Waals surface area contributed by atoms with E-state index in [1.807, 2.05) is 6.92 Å². The van der Waals surface area contributed by atoms with Gasteiger partial charge in [0.05, 0.1) is 6.20 Å². The van der Waals surface area contributed by atoms with Gasteiger partial charge >= 0.3 is 0 Å². The summed E-state index contributed by atoms with van der Waals surface area (Å²) in [7, 11) is 2.10. The number of rotatable bonds is 2. The van der Waals surface area contributed by atoms with Crippen LogP contribution in [0.15, 0.2) is 12.3 Å². The first-order valence-corrected chi connectivity index (χ1v) is 5.50. The molecule has 1 aliphatic rings. The van der Waals surface area contributed by atoms with Gasteiger partial charge in [0.1, 0.15) is 0 Å². The molecular formula is C11H18N4. The molecule has 1 fully saturated rings. The van der Waals surface area contributed by atoms with E-state index >= 15 is 0 Å². The molecule has 0 saturated carbocycles. The summed E-state index contributed by atoms with van der Waals surface area (Å²) in [5.41, 5.74) is 1.16. The lowest BCUT2D eigenvalue weighted by Gasteiger charge is -2.32. The topological polar surface area (TPSA) is 41.1 Å². The van der Waals surface area contributed by atoms with Gasteiger partial charge in [0.25, 0.3) is 0 Å². The predicted molar refractivity (Wildman–Crippen MR) is 61.1 cm³/mol. The van der Waals surface area contributed by atoms with Crippen molar-refractivity contribution in [2.75, 3.05) is 25.0 Å². The van der Waals surface area contributed by atoms with Crippen LogP contribution < -0.4 is 10.2 Å². The van der Waals surface area contributed by atoms with Crippen LogP contribution in [-0.4, -0.2) is 36.4 Å². The molecule has 1 saturated heterocycles. The third kappa shape index (κ3) is 2.45. The van der Waals surface area contributed by atoms with Gasteiger partial charge in [0, 0.05) is 19.6 Å². The normalized spacial score (nSPS) is 21.3. The van der Waals surface area contributed by atoms with Crippen LogP contribution in [0.4, 0.5) is 5.82 Å². The van der Waals surface area contributed by atoms with Crippen molar-refractivity contribution >= 4 is 5.82 Å². The van der Waals surface area contributed by atoms with Crippen molar-refractivity contribution in [2.24, 2.45) is 0 Å². The lowest BCUT2D eigenvalue weighted by atomic mass is 10.1. The fourth-order valence-electron chi connectivity index (χ4n) is 1.97. The van der Waals surface area contributed by atoms with E-state index in [9.17, 15) is 0 Å². The van der Waals surface area contributed by atoms with Crippen LogP contribution in [0.2, 0.25) is 0 Å². The molecule has 2 rings (SSSR count). The molecule has 15 heavy (non-hydrogen) atoms. The van der Waals surface area contributed by atoms with E-state index in [0.29, 0.717) is 6.04 Å². The SMILES string of the molecule is Cc1cnnc(N(C)C2CCCNC2)c1. The van der Waals surface area contributed by atoms with Crippen LogP contribution in [-0.2, 0) is 0 Å². The van der Waals surface area contributed by atoms with Gasteiger partial charge in [-0.25, -0.2) is 0 Å². The summed E-state index contributed by atoms with van der Waals surface area (Å²) in [5, 5.41) is 11.6. The van der Waals surface area contributed by atoms with Crippen LogP contribution in [0.3, 0.4) is 0 Å². The molecular weight excluding hydrogens is 188 g/mol. The van der Waals surface area contributed by atoms with E-state index in [2.05, 4.69) is 33.5 Å². The Morgan fingerprint density at radius 2 is 2.40 bits per heavy atom. The predicted octanol–water partition coefficient (Wildman–Crippen LogP) is 0.973. The van der Waals surface area contributed by atoms with Gasteiger partial charge < -0.3 is 10.2 Å². The first kappa shape index (κ1) is 10.4. The van der Waals surface area contributed by atoms with Gasteiger partial charge in [-0.15, -0.1) is 5.10 Å². The first-order chi connectivity index (χ1) is 7.27. The summed E-state index contributed by atoms with van der Waals surface area (Å²) in [6.07, 6.45) is 4.27. The molecule has 0 amide bonds. The van der Waals surface area contributed by atoms with Gasteiger partial charge in [-0.1, -0.05) is 0 Å². The Bertz CT molecular complexity index is 320. The summed E-state index contributed by atoms with van der Waals surface area (Å²) >= 11 is 0. The second-order valence-electron chi connectivity index (χ2n) is 4.20. The molecule has 1 aromatic rings. The van der Waals surface area contributed by atoms with Gasteiger partial charge in [-0.2, -0.15) is 5.10 Å². The second kappa shape index (κ2) is 4.57. The zero-order chi connectivity index (χ0) is 10.7. The highest BCUT2D eigenvalue weighted by molar-refractivity contribution is 5.39. The minimum Gasteiger partial charge on any atom is -0.354 e. The molecule has 82 valence electrons. The summed E-state index contributed by atoms with van der Waals surface area (Å²) < 4.78 is 0. The van der Waals surface area contributed by atoms with Gasteiger partial charge in [0.2, 0.25) is 0 Å². The molecule has 1 aliphatic heterocycles. The number of likely N-dealkylation sites (N-methyl/N-ethyl adjacent to an activating group) is 1. The maximum Gasteiger partial charge on any atom is 0.151 e. The van der Waals surface area contributed by atoms with Crippen molar-refractivity contribution in [2.45, 2.75) is 25.8 Å². The lowest BCUT2D eigenvalue weighted by molar-refractivity contribution is 0.442. The van der Waals surface area contributed by atoms with Gasteiger partial charge in [-0.3, -0.25) is 0 Å². The number of aryl methyl sites for hydroxylation is 1. The minimum absolute atomic E-state index is 0.551. The van der Waals surface area contributed by atoms with Gasteiger partial charge in [0.15, 0.2) is 5.82 Å². The highest BCUT2D eigenvalue weighted by atomic mass is 15.3. The van der Waals surface area contributed by atoms with E-state index in [1.165, 1.54) is 12.8 Å². The average Bonchev–Trinajstić information content (AvgIpc) is 2.29. The van der Waals surface area contributed by atoms with Crippen LogP contribution in [0.25, 0.3) is 0 Å². The Kier molecular flexibility index (Phi) is 3.16. The number of piperidine rings is 1. The molecule has 0 aliphatic carbocycles. The Morgan fingerprint density at radius 1 is 1.53 bits per heavy atom. The molecule has 0 bridgehead atoms. The summed E-state index contributed by atoms with van der Waals surface area (Å²) in [6, 6.07) is 2.64. The fraction of sp³-hybridized carbons (Fsp3) is 0.636. The maximum atomic E-state index is 4.16. The minimum atomic E-state index is 0.551. The zero-order valence-electron chi connectivity index (χ0n) is 9.40. The Morgan fingerprint density at radius 3 is 3.07 bits per heavy atom. The molecule has 4 heteroatoms. The Balaban J connectivity index is 2.08. The van der Waals surface area contributed by atoms with Crippen molar-refractivity contribution in [3.05, 3.63) is 17.8 Å². The molecule has 1 atom stereocenters. The van der Waals surface area contributed by atoms with Crippen molar-refractivity contribution < 1.29 is 0 Å². The van der Waals surface area contributed by atoms with Crippen LogP contribution in [0.5, 0.6) is 0 Å². The molecule has 4 nitrogen and oxygen atoms in total. The number of nitrogens with zero attached hydrogens (tertiary/aromatic N) is 3. The highest BCUT2D eigenvalue weighted by Crippen LogP contribution is 2.16. The molecule has 1 aromatic heterocycles. The first-order valence-electron chi connectivity index (χ1n) is 5.50. The van der Waals surface area contributed by atoms with Crippen molar-refractivity contribution in [3.8, 4) is 0 Å². The number of aromatic nitrogens is 2. The van der Waals surface area contributed by atoms with Crippen LogP contribution in [0, 0.1) is 6.92 Å². The monoisotopic (exact) mass is 206 g/mol. The third-order valence-electron chi connectivity index (χ3n) is 2.96. The van der Waals surface area contributed by atoms with Crippen LogP contribution in [0.1, 0.15) is 18.4 Å². The van der Waals surface area contributed by atoms with Gasteiger partial charge in [-0.05, 0) is 37.9 Å². The van der Waals surface area contributed by atoms with Crippen LogP contribution >= 0.6 is 0 Å². The molecule has 0 radical (unpaired) electrons. The third-order valence-corrected chi connectivity index (χ3v) is 2.96. The summed E-state index contributed by atoms with van der Waals surface area (Å²) in [5.74, 6) is 0.976. The van der Waals surface area contributed by atoms with Crippen molar-refractivity contribution in [3.63, 3.8) is 0 Å². The summed E-state index contributed by atoms with van der Waals surface area (Å²) in [6.45, 7) is 4.24. The van der Waals surface area contributed by atoms with E-state index < -0.39 is 0 Å². The summed E-state index contributed by atoms with van der Waals surface area (Å²) in [4.78, 5) is 2.23. The van der Waals surface area contributed by atoms with E-state index in [1.54, 1.807) is 6.20 Å². The molecule has 2 heterocycles. The number of nitrogens with one attached hydrogen (secondary N) is 1. The largest absolute Gasteiger partial charge is 0.354 e. The Hall–Kier alpha value is -1.16. The average molecular weight is 206 g/mol. The second-order valence-corrected chi connectivity index (χ2v) is 4.20. The Labute approximate surface area is 90.7 Å². The highest BCUT2D eigenvalue weighted by Gasteiger charge is 2.18. The van der Waals surface area contributed by atoms with Crippen molar-refractivity contribution in [1.82, 2.24) is 15.5 Å². The lowest BCUT2D eigenvalue weighted by Crippen LogP contribution is -2.44. The molecule has 0 aromatic carbocycles. The van der Waals surface area contributed by atoms with Crippen molar-refractivity contribution in [1.29, 1.82) is 0 Å². The number of hydrogen-bond acceptors (Lipinski definition) is 4. The van der Waals surface area contributed by atoms with E-state index in [0.717, 1.165) is 24.5 Å². The molecule has 0 spiro atoms. The quantitative estimate of drug-likeness (QED) is 0.783. The molecule has 1 N–H and O–H groups in total.